The van der Waals surface area contributed by atoms with Crippen LogP contribution in [0.5, 0.6) is 0 Å². The van der Waals surface area contributed by atoms with Crippen molar-refractivity contribution in [2.75, 3.05) is 13.7 Å². The predicted molar refractivity (Wildman–Crippen MR) is 44.0 cm³/mol. The van der Waals surface area contributed by atoms with E-state index in [-0.39, 0.29) is 25.2 Å². The van der Waals surface area contributed by atoms with Crippen LogP contribution in [-0.2, 0) is 28.9 Å². The van der Waals surface area contributed by atoms with Gasteiger partial charge in [-0.2, -0.15) is 4.89 Å². The zero-order valence-electron chi connectivity index (χ0n) is 8.07. The summed E-state index contributed by atoms with van der Waals surface area (Å²) in [5.41, 5.74) is 0. The van der Waals surface area contributed by atoms with Gasteiger partial charge in [0, 0.05) is 0 Å². The highest BCUT2D eigenvalue weighted by atomic mass is 17.2. The smallest absolute Gasteiger partial charge is 0.342 e. The van der Waals surface area contributed by atoms with Crippen molar-refractivity contribution in [2.24, 2.45) is 0 Å². The number of hydrogen-bond donors (Lipinski definition) is 0. The average Bonchev–Trinajstić information content (AvgIpc) is 2.12. The lowest BCUT2D eigenvalue weighted by molar-refractivity contribution is -0.255. The van der Waals surface area contributed by atoms with Crippen LogP contribution >= 0.6 is 0 Å². The maximum absolute atomic E-state index is 10.8. The van der Waals surface area contributed by atoms with Crippen LogP contribution in [0.4, 0.5) is 0 Å². The summed E-state index contributed by atoms with van der Waals surface area (Å²) in [5.74, 6) is -1.53. The van der Waals surface area contributed by atoms with Gasteiger partial charge in [0.15, 0.2) is 5.78 Å². The molecule has 0 aliphatic carbocycles. The number of hydrogen-bond acceptors (Lipinski definition) is 6. The summed E-state index contributed by atoms with van der Waals surface area (Å²) >= 11 is 0. The highest BCUT2D eigenvalue weighted by Gasteiger charge is 2.09. The van der Waals surface area contributed by atoms with Gasteiger partial charge in [-0.1, -0.05) is 0 Å². The van der Waals surface area contributed by atoms with E-state index in [0.29, 0.717) is 0 Å². The molecule has 0 unspecified atom stereocenters. The summed E-state index contributed by atoms with van der Waals surface area (Å²) in [4.78, 5) is 40.1. The predicted octanol–water partition coefficient (Wildman–Crippen LogP) is 0.00340. The van der Waals surface area contributed by atoms with Gasteiger partial charge in [-0.25, -0.2) is 4.79 Å². The first kappa shape index (κ1) is 12.6. The van der Waals surface area contributed by atoms with Gasteiger partial charge in [0.25, 0.3) is 0 Å². The zero-order valence-corrected chi connectivity index (χ0v) is 8.07. The molecular formula is C8H12O6. The number of carbonyl (C=O) groups is 3. The topological polar surface area (TPSA) is 78.9 Å². The third-order valence-electron chi connectivity index (χ3n) is 1.15. The molecule has 0 saturated heterocycles. The van der Waals surface area contributed by atoms with E-state index in [9.17, 15) is 14.4 Å². The molecule has 0 fully saturated rings. The molecule has 0 aliphatic heterocycles. The normalized spacial score (nSPS) is 9.29. The quantitative estimate of drug-likeness (QED) is 0.344. The van der Waals surface area contributed by atoms with E-state index in [4.69, 9.17) is 0 Å². The molecule has 0 atom stereocenters. The van der Waals surface area contributed by atoms with E-state index in [1.54, 1.807) is 0 Å². The Labute approximate surface area is 81.0 Å². The highest BCUT2D eigenvalue weighted by Crippen LogP contribution is 1.95. The molecule has 0 aromatic carbocycles. The largest absolute Gasteiger partial charge is 0.458 e. The number of rotatable bonds is 6. The number of Topliss-reactive ketones (excluding diaryl/α,β-unsaturated/α-hetero) is 1. The van der Waals surface area contributed by atoms with Crippen LogP contribution in [0.15, 0.2) is 0 Å². The second kappa shape index (κ2) is 7.02. The van der Waals surface area contributed by atoms with Gasteiger partial charge in [-0.15, -0.1) is 0 Å². The summed E-state index contributed by atoms with van der Waals surface area (Å²) in [5, 5.41) is 0. The van der Waals surface area contributed by atoms with E-state index in [1.165, 1.54) is 14.0 Å². The van der Waals surface area contributed by atoms with Gasteiger partial charge in [0.2, 0.25) is 0 Å². The standard InChI is InChI=1S/C8H12O6/c1-6(9)5-13-7(10)3-4-8(11)14-12-2/h3-5H2,1-2H3. The van der Waals surface area contributed by atoms with Crippen LogP contribution in [0.1, 0.15) is 19.8 Å². The molecule has 0 rings (SSSR count). The van der Waals surface area contributed by atoms with Crippen LogP contribution < -0.4 is 0 Å². The molecular weight excluding hydrogens is 192 g/mol. The number of carbonyl (C=O) groups excluding carboxylic acids is 3. The average molecular weight is 204 g/mol. The Hall–Kier alpha value is -1.43. The maximum atomic E-state index is 10.8. The van der Waals surface area contributed by atoms with Crippen molar-refractivity contribution in [3.05, 3.63) is 0 Å². The Morgan fingerprint density at radius 1 is 1.07 bits per heavy atom. The molecule has 80 valence electrons. The molecule has 0 N–H and O–H groups in total. The fourth-order valence-corrected chi connectivity index (χ4v) is 0.593. The Kier molecular flexibility index (Phi) is 6.30. The van der Waals surface area contributed by atoms with Crippen molar-refractivity contribution in [3.8, 4) is 0 Å². The first-order valence-electron chi connectivity index (χ1n) is 3.94. The minimum absolute atomic E-state index is 0.129. The Balaban J connectivity index is 3.53. The molecule has 0 saturated carbocycles. The maximum Gasteiger partial charge on any atom is 0.342 e. The van der Waals surface area contributed by atoms with Crippen molar-refractivity contribution < 1.29 is 28.9 Å². The molecule has 0 heterocycles. The number of ketones is 1. The molecule has 0 radical (unpaired) electrons. The van der Waals surface area contributed by atoms with Crippen LogP contribution in [0, 0.1) is 0 Å². The van der Waals surface area contributed by atoms with Gasteiger partial charge in [-0.3, -0.25) is 14.5 Å². The van der Waals surface area contributed by atoms with Crippen LogP contribution in [0.2, 0.25) is 0 Å². The Morgan fingerprint density at radius 3 is 2.14 bits per heavy atom. The van der Waals surface area contributed by atoms with Crippen molar-refractivity contribution in [2.45, 2.75) is 19.8 Å². The van der Waals surface area contributed by atoms with Crippen molar-refractivity contribution in [3.63, 3.8) is 0 Å². The molecule has 6 nitrogen and oxygen atoms in total. The Morgan fingerprint density at radius 2 is 1.64 bits per heavy atom. The molecule has 14 heavy (non-hydrogen) atoms. The number of esters is 1. The minimum atomic E-state index is -0.660. The summed E-state index contributed by atoms with van der Waals surface area (Å²) in [6.07, 6.45) is -0.264. The van der Waals surface area contributed by atoms with Crippen LogP contribution in [0.25, 0.3) is 0 Å². The monoisotopic (exact) mass is 204 g/mol. The van der Waals surface area contributed by atoms with Crippen molar-refractivity contribution in [1.82, 2.24) is 0 Å². The lowest BCUT2D eigenvalue weighted by Gasteiger charge is -2.01. The third-order valence-corrected chi connectivity index (χ3v) is 1.15. The van der Waals surface area contributed by atoms with E-state index in [1.807, 2.05) is 0 Å². The lowest BCUT2D eigenvalue weighted by Crippen LogP contribution is -2.13. The van der Waals surface area contributed by atoms with Crippen molar-refractivity contribution >= 4 is 17.7 Å². The molecule has 0 aromatic heterocycles. The van der Waals surface area contributed by atoms with E-state index in [0.717, 1.165) is 0 Å². The molecule has 0 aromatic rings. The summed E-state index contributed by atoms with van der Waals surface area (Å²) in [6.45, 7) is 1.03. The van der Waals surface area contributed by atoms with E-state index < -0.39 is 11.9 Å². The lowest BCUT2D eigenvalue weighted by atomic mass is 10.3. The van der Waals surface area contributed by atoms with Crippen LogP contribution in [-0.4, -0.2) is 31.4 Å². The van der Waals surface area contributed by atoms with Gasteiger partial charge >= 0.3 is 11.9 Å². The van der Waals surface area contributed by atoms with Gasteiger partial charge in [-0.05, 0) is 6.92 Å². The fourth-order valence-electron chi connectivity index (χ4n) is 0.593. The van der Waals surface area contributed by atoms with E-state index in [2.05, 4.69) is 14.5 Å². The minimum Gasteiger partial charge on any atom is -0.458 e. The first-order valence-corrected chi connectivity index (χ1v) is 3.94. The van der Waals surface area contributed by atoms with E-state index >= 15 is 0 Å². The summed E-state index contributed by atoms with van der Waals surface area (Å²) in [7, 11) is 1.19. The van der Waals surface area contributed by atoms with Crippen LogP contribution in [0.3, 0.4) is 0 Å². The zero-order chi connectivity index (χ0) is 11.0. The first-order chi connectivity index (χ1) is 6.56. The molecule has 0 spiro atoms. The van der Waals surface area contributed by atoms with Crippen molar-refractivity contribution in [1.29, 1.82) is 0 Å². The molecule has 0 bridgehead atoms. The molecule has 6 heteroatoms. The third kappa shape index (κ3) is 7.23. The summed E-state index contributed by atoms with van der Waals surface area (Å²) < 4.78 is 4.49. The Bertz CT molecular complexity index is 222. The highest BCUT2D eigenvalue weighted by molar-refractivity contribution is 5.81. The SMILES string of the molecule is COOC(=O)CCC(=O)OCC(C)=O. The second-order valence-electron chi connectivity index (χ2n) is 2.48. The fraction of sp³-hybridized carbons (Fsp3) is 0.625. The van der Waals surface area contributed by atoms with Gasteiger partial charge in [0.05, 0.1) is 20.0 Å². The second-order valence-corrected chi connectivity index (χ2v) is 2.48. The van der Waals surface area contributed by atoms with Gasteiger partial charge in [0.1, 0.15) is 6.61 Å². The molecule has 0 aliphatic rings. The summed E-state index contributed by atoms with van der Waals surface area (Å²) in [6, 6.07) is 0. The van der Waals surface area contributed by atoms with Gasteiger partial charge < -0.3 is 4.74 Å². The number of ether oxygens (including phenoxy) is 1. The molecule has 0 amide bonds.